The molecule has 0 unspecified atom stereocenters. The van der Waals surface area contributed by atoms with Crippen LogP contribution in [0.3, 0.4) is 0 Å². The fraction of sp³-hybridized carbons (Fsp3) is 0.615. The average molecular weight is 221 g/mol. The molecule has 3 heteroatoms. The molecule has 0 N–H and O–H groups in total. The van der Waals surface area contributed by atoms with E-state index in [0.717, 1.165) is 19.4 Å². The van der Waals surface area contributed by atoms with E-state index >= 15 is 0 Å². The second kappa shape index (κ2) is 12.1. The van der Waals surface area contributed by atoms with Crippen molar-refractivity contribution < 1.29 is 4.74 Å². The van der Waals surface area contributed by atoms with Gasteiger partial charge in [-0.3, -0.25) is 0 Å². The third-order valence-corrected chi connectivity index (χ3v) is 2.45. The van der Waals surface area contributed by atoms with Crippen molar-refractivity contribution in [2.45, 2.75) is 51.8 Å². The van der Waals surface area contributed by atoms with Crippen LogP contribution in [0.5, 0.6) is 0 Å². The van der Waals surface area contributed by atoms with E-state index in [9.17, 15) is 0 Å². The molecular weight excluding hydrogens is 197 g/mol. The van der Waals surface area contributed by atoms with Gasteiger partial charge in [0, 0.05) is 6.20 Å². The summed E-state index contributed by atoms with van der Waals surface area (Å²) in [6.45, 7) is 9.32. The summed E-state index contributed by atoms with van der Waals surface area (Å²) >= 11 is 0. The predicted molar refractivity (Wildman–Crippen MR) is 74.2 cm³/mol. The Morgan fingerprint density at radius 1 is 1.19 bits per heavy atom. The summed E-state index contributed by atoms with van der Waals surface area (Å²) in [6.07, 6.45) is 12.0. The van der Waals surface area contributed by atoms with Crippen molar-refractivity contribution in [1.29, 1.82) is 0 Å². The topological polar surface area (TPSA) is 21.6 Å². The van der Waals surface area contributed by atoms with Crippen molar-refractivity contribution in [2.75, 3.05) is 0 Å². The van der Waals surface area contributed by atoms with Gasteiger partial charge < -0.3 is 4.74 Å². The van der Waals surface area contributed by atoms with Crippen molar-refractivity contribution in [3.63, 3.8) is 0 Å². The third kappa shape index (κ3) is 9.57. The van der Waals surface area contributed by atoms with Gasteiger partial charge in [-0.05, 0) is 0 Å². The Hall–Kier alpha value is -0.985. The molecule has 0 aromatic carbocycles. The second-order valence-corrected chi connectivity index (χ2v) is 3.86. The van der Waals surface area contributed by atoms with Gasteiger partial charge >= 0.3 is 0 Å². The fourth-order valence-corrected chi connectivity index (χ4v) is 1.59. The molecule has 0 aliphatic rings. The lowest BCUT2D eigenvalue weighted by Crippen LogP contribution is -2.10. The maximum atomic E-state index is 5.17. The lowest BCUT2D eigenvalue weighted by molar-refractivity contribution is 0.485. The monoisotopic (exact) mass is 221 g/mol. The quantitative estimate of drug-likeness (QED) is 0.180. The standard InChI is InChI=1S/C13H24BNO/c1-4-7-8-9-10-11-12-14-13(15-5-2)16-6-3/h5-6,14H,2-4,7-12H2,1H3/b15-13-. The van der Waals surface area contributed by atoms with Crippen molar-refractivity contribution in [1.82, 2.24) is 0 Å². The van der Waals surface area contributed by atoms with E-state index in [2.05, 4.69) is 25.1 Å². The van der Waals surface area contributed by atoms with E-state index in [1.165, 1.54) is 51.0 Å². The first kappa shape index (κ1) is 15.0. The highest BCUT2D eigenvalue weighted by Gasteiger charge is 2.00. The van der Waals surface area contributed by atoms with Crippen LogP contribution in [-0.2, 0) is 4.74 Å². The lowest BCUT2D eigenvalue weighted by Gasteiger charge is -2.03. The lowest BCUT2D eigenvalue weighted by atomic mass is 9.72. The van der Waals surface area contributed by atoms with Crippen molar-refractivity contribution >= 4 is 13.1 Å². The number of hydrogen-bond acceptors (Lipinski definition) is 2. The minimum absolute atomic E-state index is 0.721. The van der Waals surface area contributed by atoms with Crippen LogP contribution >= 0.6 is 0 Å². The second-order valence-electron chi connectivity index (χ2n) is 3.86. The van der Waals surface area contributed by atoms with Crippen molar-refractivity contribution in [3.05, 3.63) is 25.6 Å². The summed E-state index contributed by atoms with van der Waals surface area (Å²) in [4.78, 5) is 4.05. The molecule has 0 aliphatic carbocycles. The van der Waals surface area contributed by atoms with Gasteiger partial charge in [-0.2, -0.15) is 0 Å². The summed E-state index contributed by atoms with van der Waals surface area (Å²) in [7, 11) is 0.881. The molecule has 0 bridgehead atoms. The molecule has 2 nitrogen and oxygen atoms in total. The molecule has 0 aromatic heterocycles. The highest BCUT2D eigenvalue weighted by Crippen LogP contribution is 2.07. The third-order valence-electron chi connectivity index (χ3n) is 2.45. The van der Waals surface area contributed by atoms with E-state index in [-0.39, 0.29) is 0 Å². The Morgan fingerprint density at radius 3 is 2.50 bits per heavy atom. The van der Waals surface area contributed by atoms with Gasteiger partial charge in [0.25, 0.3) is 0 Å². The molecule has 0 saturated carbocycles. The van der Waals surface area contributed by atoms with Gasteiger partial charge in [0.2, 0.25) is 7.28 Å². The van der Waals surface area contributed by atoms with Crippen molar-refractivity contribution in [2.24, 2.45) is 4.99 Å². The van der Waals surface area contributed by atoms with Crippen LogP contribution in [0.2, 0.25) is 6.32 Å². The van der Waals surface area contributed by atoms with Gasteiger partial charge in [0.05, 0.1) is 6.26 Å². The van der Waals surface area contributed by atoms with Gasteiger partial charge in [0.15, 0.2) is 0 Å². The number of nitrogens with zero attached hydrogens (tertiary/aromatic N) is 1. The molecule has 0 amide bonds. The summed E-state index contributed by atoms with van der Waals surface area (Å²) in [5.41, 5.74) is 0. The Morgan fingerprint density at radius 2 is 1.88 bits per heavy atom. The molecule has 0 fully saturated rings. The van der Waals surface area contributed by atoms with Crippen LogP contribution in [0, 0.1) is 0 Å². The number of unbranched alkanes of at least 4 members (excludes halogenated alkanes) is 5. The molecule has 0 radical (unpaired) electrons. The minimum atomic E-state index is 0.721. The van der Waals surface area contributed by atoms with Crippen LogP contribution in [0.15, 0.2) is 30.6 Å². The van der Waals surface area contributed by atoms with E-state index in [4.69, 9.17) is 4.74 Å². The zero-order chi connectivity index (χ0) is 12.1. The van der Waals surface area contributed by atoms with Gasteiger partial charge in [-0.25, -0.2) is 4.99 Å². The van der Waals surface area contributed by atoms with Gasteiger partial charge in [-0.1, -0.05) is 64.9 Å². The number of rotatable bonds is 10. The SMILES string of the molecule is C=C/N=C(/BCCCCCCCC)OC=C. The number of aliphatic imine (C=N–C) groups is 1. The Balaban J connectivity index is 3.44. The van der Waals surface area contributed by atoms with Crippen LogP contribution in [0.4, 0.5) is 0 Å². The maximum Gasteiger partial charge on any atom is 0.230 e. The van der Waals surface area contributed by atoms with E-state index in [1.807, 2.05) is 0 Å². The van der Waals surface area contributed by atoms with E-state index in [1.54, 1.807) is 0 Å². The summed E-state index contributed by atoms with van der Waals surface area (Å²) < 4.78 is 5.17. The molecule has 90 valence electrons. The number of ether oxygens (including phenoxy) is 1. The molecule has 0 rings (SSSR count). The summed E-state index contributed by atoms with van der Waals surface area (Å²) in [6, 6.07) is 0. The van der Waals surface area contributed by atoms with Crippen molar-refractivity contribution in [3.8, 4) is 0 Å². The van der Waals surface area contributed by atoms with Crippen LogP contribution in [0.25, 0.3) is 0 Å². The highest BCUT2D eigenvalue weighted by atomic mass is 16.5. The zero-order valence-electron chi connectivity index (χ0n) is 10.6. The fourth-order valence-electron chi connectivity index (χ4n) is 1.59. The van der Waals surface area contributed by atoms with Crippen LogP contribution < -0.4 is 0 Å². The first-order valence-electron chi connectivity index (χ1n) is 6.30. The zero-order valence-corrected chi connectivity index (χ0v) is 10.6. The molecule has 0 aliphatic heterocycles. The average Bonchev–Trinajstić information content (AvgIpc) is 2.28. The molecular formula is C13H24BNO. The van der Waals surface area contributed by atoms with Crippen LogP contribution in [0.1, 0.15) is 45.4 Å². The largest absolute Gasteiger partial charge is 0.462 e. The van der Waals surface area contributed by atoms with E-state index < -0.39 is 0 Å². The van der Waals surface area contributed by atoms with Crippen LogP contribution in [-0.4, -0.2) is 13.1 Å². The molecule has 0 saturated heterocycles. The summed E-state index contributed by atoms with van der Waals surface area (Å²) in [5.74, 6) is 0.721. The maximum absolute atomic E-state index is 5.17. The van der Waals surface area contributed by atoms with E-state index in [0.29, 0.717) is 0 Å². The Kier molecular flexibility index (Phi) is 11.3. The predicted octanol–water partition coefficient (Wildman–Crippen LogP) is 3.86. The first-order chi connectivity index (χ1) is 7.85. The normalized spacial score (nSPS) is 10.9. The molecule has 16 heavy (non-hydrogen) atoms. The highest BCUT2D eigenvalue weighted by molar-refractivity contribution is 6.73. The smallest absolute Gasteiger partial charge is 0.230 e. The molecule has 0 heterocycles. The molecule has 0 atom stereocenters. The number of hydrogen-bond donors (Lipinski definition) is 0. The first-order valence-corrected chi connectivity index (χ1v) is 6.30. The summed E-state index contributed by atoms with van der Waals surface area (Å²) in [5, 5.41) is 0. The Bertz CT molecular complexity index is 214. The molecule has 0 spiro atoms. The molecule has 0 aromatic rings. The van der Waals surface area contributed by atoms with Gasteiger partial charge in [0.1, 0.15) is 5.80 Å². The van der Waals surface area contributed by atoms with Gasteiger partial charge in [-0.15, -0.1) is 0 Å². The minimum Gasteiger partial charge on any atom is -0.462 e. The Labute approximate surface area is 101 Å².